The molecule has 0 N–H and O–H groups in total. The van der Waals surface area contributed by atoms with Crippen molar-refractivity contribution in [1.82, 2.24) is 0 Å². The zero-order chi connectivity index (χ0) is 11.3. The monoisotopic (exact) mass is 516 g/mol. The fourth-order valence-electron chi connectivity index (χ4n) is 1.71. The second-order valence-electron chi connectivity index (χ2n) is 4.20. The summed E-state index contributed by atoms with van der Waals surface area (Å²) >= 11 is 0. The van der Waals surface area contributed by atoms with Gasteiger partial charge in [0.2, 0.25) is 0 Å². The molecule has 0 nitrogen and oxygen atoms in total. The minimum absolute atomic E-state index is 0. The third-order valence-electron chi connectivity index (χ3n) is 2.67. The van der Waals surface area contributed by atoms with E-state index in [-0.39, 0.29) is 76.5 Å². The molecule has 0 aromatic heterocycles. The number of hydrogen-bond donors (Lipinski definition) is 0. The zero-order valence-corrected chi connectivity index (χ0v) is 20.3. The van der Waals surface area contributed by atoms with Gasteiger partial charge in [-0.1, -0.05) is 48.6 Å². The van der Waals surface area contributed by atoms with Gasteiger partial charge in [0.05, 0.1) is 0 Å². The summed E-state index contributed by atoms with van der Waals surface area (Å²) in [5.74, 6) is 0. The first-order valence-electron chi connectivity index (χ1n) is 6.60. The molecule has 2 aliphatic rings. The van der Waals surface area contributed by atoms with Crippen LogP contribution in [0.4, 0.5) is 0 Å². The van der Waals surface area contributed by atoms with Crippen molar-refractivity contribution in [3.63, 3.8) is 0 Å². The Hall–Kier alpha value is 1.28. The topological polar surface area (TPSA) is 0 Å². The van der Waals surface area contributed by atoms with Gasteiger partial charge < -0.3 is 24.8 Å². The molecule has 0 saturated heterocycles. The Kier molecular flexibility index (Phi) is 37.0. The van der Waals surface area contributed by atoms with Gasteiger partial charge in [0.15, 0.2) is 0 Å². The Morgan fingerprint density at radius 1 is 0.300 bits per heavy atom. The van der Waals surface area contributed by atoms with E-state index in [2.05, 4.69) is 48.6 Å². The van der Waals surface area contributed by atoms with Crippen LogP contribution in [0.1, 0.15) is 51.4 Å². The fraction of sp³-hybridized carbons (Fsp3) is 0.500. The van der Waals surface area contributed by atoms with Crippen LogP contribution in [0.25, 0.3) is 0 Å². The van der Waals surface area contributed by atoms with Crippen molar-refractivity contribution >= 4 is 51.7 Å². The molecule has 0 aliphatic heterocycles. The molecule has 0 fully saturated rings. The maximum Gasteiger partial charge on any atom is 1.00 e. The van der Waals surface area contributed by atoms with Crippen LogP contribution in [0.5, 0.6) is 0 Å². The predicted octanol–water partition coefficient (Wildman–Crippen LogP) is -1.41. The normalized spacial score (nSPS) is 16.0. The van der Waals surface area contributed by atoms with Gasteiger partial charge >= 0.3 is 51.7 Å². The Bertz CT molecular complexity index is 192. The number of rotatable bonds is 0. The molecule has 4 radical (unpaired) electrons. The molecule has 0 unspecified atom stereocenters. The summed E-state index contributed by atoms with van der Waals surface area (Å²) < 4.78 is 0. The first-order valence-corrected chi connectivity index (χ1v) is 6.60. The molecule has 4 heteroatoms. The Morgan fingerprint density at radius 2 is 0.400 bits per heavy atom. The molecule has 108 valence electrons. The van der Waals surface area contributed by atoms with Crippen LogP contribution in [0, 0.1) is 0 Å². The number of hydrogen-bond acceptors (Lipinski definition) is 0. The minimum atomic E-state index is 0. The van der Waals surface area contributed by atoms with Gasteiger partial charge in [0, 0.05) is 0 Å². The van der Waals surface area contributed by atoms with Gasteiger partial charge in [0.25, 0.3) is 0 Å². The van der Waals surface area contributed by atoms with Gasteiger partial charge in [0.1, 0.15) is 0 Å². The molecular weight excluding hydrogens is 493 g/mol. The average molecular weight is 517 g/mol. The number of allylic oxidation sites excluding steroid dienone is 8. The summed E-state index contributed by atoms with van der Waals surface area (Å²) in [7, 11) is 0. The smallest absolute Gasteiger partial charge is 1.00 e. The first-order chi connectivity index (χ1) is 8.00. The van der Waals surface area contributed by atoms with Gasteiger partial charge in [-0.15, -0.1) is 0 Å². The van der Waals surface area contributed by atoms with Crippen LogP contribution in [0.2, 0.25) is 0 Å². The summed E-state index contributed by atoms with van der Waals surface area (Å²) in [6.07, 6.45) is 28.0. The Morgan fingerprint density at radius 3 is 0.500 bits per heavy atom. The van der Waals surface area contributed by atoms with Gasteiger partial charge in [-0.2, -0.15) is 0 Å². The molecule has 2 rings (SSSR count). The van der Waals surface area contributed by atoms with Crippen LogP contribution in [-0.4, -0.2) is 51.7 Å². The molecule has 0 bridgehead atoms. The van der Waals surface area contributed by atoms with Crippen LogP contribution in [0.3, 0.4) is 0 Å². The second kappa shape index (κ2) is 25.2. The van der Waals surface area contributed by atoms with Crippen molar-refractivity contribution in [2.75, 3.05) is 0 Å². The molecule has 0 spiro atoms. The maximum atomic E-state index is 2.27. The molecule has 0 atom stereocenters. The van der Waals surface area contributed by atoms with Crippen molar-refractivity contribution in [3.05, 3.63) is 48.6 Å². The van der Waals surface area contributed by atoms with Crippen LogP contribution in [-0.2, 0) is 0 Å². The van der Waals surface area contributed by atoms with Crippen molar-refractivity contribution in [1.29, 1.82) is 0 Å². The Balaban J connectivity index is -0.000000107. The predicted molar refractivity (Wildman–Crippen MR) is 85.0 cm³/mol. The molecule has 0 amide bonds. The molecule has 20 heavy (non-hydrogen) atoms. The van der Waals surface area contributed by atoms with Crippen LogP contribution >= 0.6 is 0 Å². The summed E-state index contributed by atoms with van der Waals surface area (Å²) in [6.45, 7) is 0. The van der Waals surface area contributed by atoms with E-state index in [1.165, 1.54) is 51.4 Å². The zero-order valence-electron chi connectivity index (χ0n) is 12.2. The average Bonchev–Trinajstić information content (AvgIpc) is 2.15. The summed E-state index contributed by atoms with van der Waals surface area (Å²) in [5.41, 5.74) is 0. The number of halogens is 2. The maximum absolute atomic E-state index is 2.27. The van der Waals surface area contributed by atoms with Crippen molar-refractivity contribution in [2.24, 2.45) is 0 Å². The van der Waals surface area contributed by atoms with Crippen molar-refractivity contribution in [2.45, 2.75) is 51.4 Å². The molecular formula is C16H24Cl2In2. The Labute approximate surface area is 175 Å². The minimum Gasteiger partial charge on any atom is -1.00 e. The fourth-order valence-corrected chi connectivity index (χ4v) is 1.71. The van der Waals surface area contributed by atoms with Crippen molar-refractivity contribution in [3.8, 4) is 0 Å². The standard InChI is InChI=1S/2C8H12.2ClH.2In/c2*1-2-4-6-8-7-5-3-1;;;;/h2*1-2,7-8H,3-6H2;2*1H;;/q;;;;2*+1/p-2. The third kappa shape index (κ3) is 21.6. The van der Waals surface area contributed by atoms with E-state index in [9.17, 15) is 0 Å². The quantitative estimate of drug-likeness (QED) is 0.347. The van der Waals surface area contributed by atoms with E-state index in [1.54, 1.807) is 0 Å². The third-order valence-corrected chi connectivity index (χ3v) is 2.67. The SMILES string of the molecule is C1=CCCC=CCC1.C1=CCCC=CCC1.[Cl-].[Cl-].[In+].[In+]. The summed E-state index contributed by atoms with van der Waals surface area (Å²) in [6, 6.07) is 0. The van der Waals surface area contributed by atoms with Gasteiger partial charge in [-0.3, -0.25) is 0 Å². The van der Waals surface area contributed by atoms with Gasteiger partial charge in [-0.05, 0) is 51.4 Å². The molecule has 0 heterocycles. The molecule has 2 aliphatic carbocycles. The largest absolute Gasteiger partial charge is 1.00 e. The van der Waals surface area contributed by atoms with E-state index in [0.29, 0.717) is 0 Å². The van der Waals surface area contributed by atoms with Crippen LogP contribution < -0.4 is 24.8 Å². The van der Waals surface area contributed by atoms with E-state index in [1.807, 2.05) is 0 Å². The molecule has 0 saturated carbocycles. The molecule has 0 aromatic rings. The van der Waals surface area contributed by atoms with Gasteiger partial charge in [-0.25, -0.2) is 0 Å². The summed E-state index contributed by atoms with van der Waals surface area (Å²) in [4.78, 5) is 0. The summed E-state index contributed by atoms with van der Waals surface area (Å²) in [5, 5.41) is 0. The second-order valence-corrected chi connectivity index (χ2v) is 4.20. The van der Waals surface area contributed by atoms with E-state index in [0.717, 1.165) is 0 Å². The van der Waals surface area contributed by atoms with E-state index in [4.69, 9.17) is 0 Å². The first kappa shape index (κ1) is 29.3. The van der Waals surface area contributed by atoms with E-state index < -0.39 is 0 Å². The molecule has 0 aromatic carbocycles. The van der Waals surface area contributed by atoms with Crippen molar-refractivity contribution < 1.29 is 24.8 Å². The van der Waals surface area contributed by atoms with E-state index >= 15 is 0 Å². The van der Waals surface area contributed by atoms with Crippen LogP contribution in [0.15, 0.2) is 48.6 Å².